The minimum absolute atomic E-state index is 0.207. The molecule has 2 aromatic carbocycles. The predicted octanol–water partition coefficient (Wildman–Crippen LogP) is 4.62. The van der Waals surface area contributed by atoms with E-state index in [-0.39, 0.29) is 5.82 Å². The standard InChI is InChI=1S/C22H25FN4/c1-17-16-21(24-15-13-19-9-11-20(23)12-10-19)27-22(26-17)25-14-5-8-18-6-3-2-4-7-18/h2-4,6-7,9-12,16H,5,8,13-15H2,1H3,(H2,24,25,26,27). The molecule has 0 unspecified atom stereocenters. The van der Waals surface area contributed by atoms with Crippen LogP contribution in [0.15, 0.2) is 60.7 Å². The van der Waals surface area contributed by atoms with Crippen molar-refractivity contribution < 1.29 is 4.39 Å². The Kier molecular flexibility index (Phi) is 6.74. The molecule has 27 heavy (non-hydrogen) atoms. The molecule has 0 fully saturated rings. The molecule has 4 nitrogen and oxygen atoms in total. The number of benzene rings is 2. The molecule has 5 heteroatoms. The van der Waals surface area contributed by atoms with E-state index in [4.69, 9.17) is 0 Å². The van der Waals surface area contributed by atoms with Gasteiger partial charge in [-0.05, 0) is 49.4 Å². The third kappa shape index (κ3) is 6.37. The van der Waals surface area contributed by atoms with E-state index in [0.717, 1.165) is 49.4 Å². The van der Waals surface area contributed by atoms with Crippen molar-refractivity contribution in [2.75, 3.05) is 23.7 Å². The maximum absolute atomic E-state index is 12.9. The van der Waals surface area contributed by atoms with E-state index >= 15 is 0 Å². The van der Waals surface area contributed by atoms with Gasteiger partial charge in [-0.2, -0.15) is 4.98 Å². The minimum atomic E-state index is -0.207. The van der Waals surface area contributed by atoms with Crippen LogP contribution >= 0.6 is 0 Å². The molecule has 0 aliphatic carbocycles. The number of nitrogens with one attached hydrogen (secondary N) is 2. The van der Waals surface area contributed by atoms with Gasteiger partial charge in [0.25, 0.3) is 0 Å². The van der Waals surface area contributed by atoms with Gasteiger partial charge in [-0.3, -0.25) is 0 Å². The molecule has 0 saturated carbocycles. The van der Waals surface area contributed by atoms with Crippen molar-refractivity contribution in [3.05, 3.63) is 83.3 Å². The lowest BCUT2D eigenvalue weighted by Gasteiger charge is -2.10. The molecule has 0 saturated heterocycles. The van der Waals surface area contributed by atoms with Crippen LogP contribution in [0.5, 0.6) is 0 Å². The maximum Gasteiger partial charge on any atom is 0.224 e. The van der Waals surface area contributed by atoms with Crippen molar-refractivity contribution in [1.82, 2.24) is 9.97 Å². The summed E-state index contributed by atoms with van der Waals surface area (Å²) >= 11 is 0. The third-order valence-electron chi connectivity index (χ3n) is 4.26. The highest BCUT2D eigenvalue weighted by atomic mass is 19.1. The second kappa shape index (κ2) is 9.67. The summed E-state index contributed by atoms with van der Waals surface area (Å²) in [6.45, 7) is 3.52. The average Bonchev–Trinajstić information content (AvgIpc) is 2.67. The predicted molar refractivity (Wildman–Crippen MR) is 109 cm³/mol. The Morgan fingerprint density at radius 3 is 2.33 bits per heavy atom. The van der Waals surface area contributed by atoms with Crippen molar-refractivity contribution in [2.24, 2.45) is 0 Å². The SMILES string of the molecule is Cc1cc(NCCc2ccc(F)cc2)nc(NCCCc2ccccc2)n1. The van der Waals surface area contributed by atoms with E-state index < -0.39 is 0 Å². The van der Waals surface area contributed by atoms with Gasteiger partial charge < -0.3 is 10.6 Å². The zero-order chi connectivity index (χ0) is 18.9. The first kappa shape index (κ1) is 18.8. The largest absolute Gasteiger partial charge is 0.370 e. The molecule has 0 aliphatic rings. The van der Waals surface area contributed by atoms with Gasteiger partial charge in [-0.25, -0.2) is 9.37 Å². The Bertz CT molecular complexity index is 835. The van der Waals surface area contributed by atoms with Gasteiger partial charge in [0.2, 0.25) is 5.95 Å². The first-order chi connectivity index (χ1) is 13.2. The molecule has 140 valence electrons. The molecule has 0 spiro atoms. The minimum Gasteiger partial charge on any atom is -0.370 e. The molecular formula is C22H25FN4. The summed E-state index contributed by atoms with van der Waals surface area (Å²) in [6, 6.07) is 19.0. The summed E-state index contributed by atoms with van der Waals surface area (Å²) in [4.78, 5) is 8.98. The van der Waals surface area contributed by atoms with E-state index in [1.807, 2.05) is 31.2 Å². The Labute approximate surface area is 159 Å². The molecule has 1 heterocycles. The van der Waals surface area contributed by atoms with Gasteiger partial charge in [0, 0.05) is 24.8 Å². The van der Waals surface area contributed by atoms with Gasteiger partial charge in [-0.1, -0.05) is 42.5 Å². The molecule has 2 N–H and O–H groups in total. The number of aromatic nitrogens is 2. The fraction of sp³-hybridized carbons (Fsp3) is 0.273. The molecule has 1 aromatic heterocycles. The van der Waals surface area contributed by atoms with Crippen LogP contribution in [0.1, 0.15) is 23.2 Å². The van der Waals surface area contributed by atoms with Crippen LogP contribution < -0.4 is 10.6 Å². The van der Waals surface area contributed by atoms with E-state index in [0.29, 0.717) is 5.95 Å². The molecule has 0 bridgehead atoms. The van der Waals surface area contributed by atoms with Crippen LogP contribution in [0.4, 0.5) is 16.2 Å². The Morgan fingerprint density at radius 2 is 1.56 bits per heavy atom. The number of rotatable bonds is 9. The van der Waals surface area contributed by atoms with Crippen LogP contribution in [-0.4, -0.2) is 23.1 Å². The summed E-state index contributed by atoms with van der Waals surface area (Å²) in [5.74, 6) is 1.24. The summed E-state index contributed by atoms with van der Waals surface area (Å²) in [7, 11) is 0. The lowest BCUT2D eigenvalue weighted by atomic mass is 10.1. The van der Waals surface area contributed by atoms with Crippen molar-refractivity contribution in [2.45, 2.75) is 26.2 Å². The Morgan fingerprint density at radius 1 is 0.815 bits per heavy atom. The zero-order valence-corrected chi connectivity index (χ0v) is 15.6. The fourth-order valence-corrected chi connectivity index (χ4v) is 2.86. The lowest BCUT2D eigenvalue weighted by molar-refractivity contribution is 0.627. The molecule has 0 aliphatic heterocycles. The van der Waals surface area contributed by atoms with Crippen LogP contribution in [0.25, 0.3) is 0 Å². The van der Waals surface area contributed by atoms with Crippen LogP contribution in [-0.2, 0) is 12.8 Å². The second-order valence-corrected chi connectivity index (χ2v) is 6.54. The summed E-state index contributed by atoms with van der Waals surface area (Å²) < 4.78 is 12.9. The number of aryl methyl sites for hydroxylation is 2. The van der Waals surface area contributed by atoms with E-state index in [1.165, 1.54) is 17.7 Å². The van der Waals surface area contributed by atoms with Crippen LogP contribution in [0.2, 0.25) is 0 Å². The summed E-state index contributed by atoms with van der Waals surface area (Å²) in [5.41, 5.74) is 3.35. The van der Waals surface area contributed by atoms with Gasteiger partial charge in [0.15, 0.2) is 0 Å². The molecule has 3 rings (SSSR count). The number of hydrogen-bond donors (Lipinski definition) is 2. The molecule has 3 aromatic rings. The highest BCUT2D eigenvalue weighted by molar-refractivity contribution is 5.42. The maximum atomic E-state index is 12.9. The van der Waals surface area contributed by atoms with Gasteiger partial charge in [-0.15, -0.1) is 0 Å². The van der Waals surface area contributed by atoms with E-state index in [9.17, 15) is 4.39 Å². The van der Waals surface area contributed by atoms with Crippen molar-refractivity contribution in [3.63, 3.8) is 0 Å². The molecular weight excluding hydrogens is 339 g/mol. The number of nitrogens with zero attached hydrogens (tertiary/aromatic N) is 2. The first-order valence-electron chi connectivity index (χ1n) is 9.31. The average molecular weight is 364 g/mol. The second-order valence-electron chi connectivity index (χ2n) is 6.54. The van der Waals surface area contributed by atoms with E-state index in [1.54, 1.807) is 0 Å². The molecule has 0 radical (unpaired) electrons. The van der Waals surface area contributed by atoms with Crippen molar-refractivity contribution in [3.8, 4) is 0 Å². The normalized spacial score (nSPS) is 10.6. The van der Waals surface area contributed by atoms with Crippen LogP contribution in [0.3, 0.4) is 0 Å². The highest BCUT2D eigenvalue weighted by Gasteiger charge is 2.02. The smallest absolute Gasteiger partial charge is 0.224 e. The third-order valence-corrected chi connectivity index (χ3v) is 4.26. The fourth-order valence-electron chi connectivity index (χ4n) is 2.86. The summed E-state index contributed by atoms with van der Waals surface area (Å²) in [5, 5.41) is 6.63. The summed E-state index contributed by atoms with van der Waals surface area (Å²) in [6.07, 6.45) is 2.86. The number of hydrogen-bond acceptors (Lipinski definition) is 4. The van der Waals surface area contributed by atoms with E-state index in [2.05, 4.69) is 44.9 Å². The molecule has 0 atom stereocenters. The van der Waals surface area contributed by atoms with Gasteiger partial charge in [0.05, 0.1) is 0 Å². The quantitative estimate of drug-likeness (QED) is 0.544. The van der Waals surface area contributed by atoms with Gasteiger partial charge in [0.1, 0.15) is 11.6 Å². The number of halogens is 1. The zero-order valence-electron chi connectivity index (χ0n) is 15.6. The first-order valence-corrected chi connectivity index (χ1v) is 9.31. The Balaban J connectivity index is 1.46. The topological polar surface area (TPSA) is 49.8 Å². The van der Waals surface area contributed by atoms with Crippen molar-refractivity contribution in [1.29, 1.82) is 0 Å². The molecule has 0 amide bonds. The van der Waals surface area contributed by atoms with Gasteiger partial charge >= 0.3 is 0 Å². The lowest BCUT2D eigenvalue weighted by Crippen LogP contribution is -2.11. The monoisotopic (exact) mass is 364 g/mol. The Hall–Kier alpha value is -2.95. The van der Waals surface area contributed by atoms with Crippen molar-refractivity contribution >= 4 is 11.8 Å². The number of anilines is 2. The highest BCUT2D eigenvalue weighted by Crippen LogP contribution is 2.11. The van der Waals surface area contributed by atoms with Crippen LogP contribution in [0, 0.1) is 12.7 Å².